The van der Waals surface area contributed by atoms with Gasteiger partial charge in [-0.3, -0.25) is 14.9 Å². The van der Waals surface area contributed by atoms with Crippen LogP contribution in [0.3, 0.4) is 0 Å². The maximum absolute atomic E-state index is 12.7. The van der Waals surface area contributed by atoms with Crippen molar-refractivity contribution in [3.05, 3.63) is 18.2 Å². The molecule has 1 aromatic heterocycles. The zero-order chi connectivity index (χ0) is 20.9. The van der Waals surface area contributed by atoms with Crippen LogP contribution < -0.4 is 10.6 Å². The average molecular weight is 393 g/mol. The number of esters is 1. The van der Waals surface area contributed by atoms with E-state index in [4.69, 9.17) is 4.74 Å². The zero-order valence-electron chi connectivity index (χ0n) is 18.0. The third-order valence-corrected chi connectivity index (χ3v) is 5.44. The first-order valence-corrected chi connectivity index (χ1v) is 10.4. The lowest BCUT2D eigenvalue weighted by molar-refractivity contribution is -0.157. The van der Waals surface area contributed by atoms with E-state index in [1.165, 1.54) is 0 Å². The van der Waals surface area contributed by atoms with Gasteiger partial charge in [0.15, 0.2) is 0 Å². The van der Waals surface area contributed by atoms with Crippen LogP contribution in [-0.4, -0.2) is 45.6 Å². The van der Waals surface area contributed by atoms with E-state index >= 15 is 0 Å². The molecule has 0 spiro atoms. The molecule has 4 atom stereocenters. The van der Waals surface area contributed by atoms with Crippen molar-refractivity contribution in [3.63, 3.8) is 0 Å². The second-order valence-electron chi connectivity index (χ2n) is 8.82. The minimum Gasteiger partial charge on any atom is -0.459 e. The number of imidazole rings is 1. The number of aromatic amines is 1. The van der Waals surface area contributed by atoms with Crippen LogP contribution in [0.25, 0.3) is 0 Å². The first kappa shape index (κ1) is 22.4. The van der Waals surface area contributed by atoms with Crippen molar-refractivity contribution >= 4 is 11.9 Å². The van der Waals surface area contributed by atoms with Gasteiger partial charge in [-0.15, -0.1) is 0 Å². The van der Waals surface area contributed by atoms with Gasteiger partial charge in [-0.2, -0.15) is 0 Å². The molecule has 28 heavy (non-hydrogen) atoms. The van der Waals surface area contributed by atoms with Crippen molar-refractivity contribution in [2.45, 2.75) is 96.9 Å². The number of H-pyrrole nitrogens is 1. The third-order valence-electron chi connectivity index (χ3n) is 5.44. The molecule has 7 heteroatoms. The minimum absolute atomic E-state index is 0.00118. The molecule has 0 radical (unpaired) electrons. The Bertz CT molecular complexity index is 635. The highest BCUT2D eigenvalue weighted by Crippen LogP contribution is 2.34. The van der Waals surface area contributed by atoms with Crippen LogP contribution in [-0.2, 0) is 14.3 Å². The summed E-state index contributed by atoms with van der Waals surface area (Å²) < 4.78 is 5.60. The van der Waals surface area contributed by atoms with Crippen molar-refractivity contribution < 1.29 is 14.3 Å². The monoisotopic (exact) mass is 392 g/mol. The van der Waals surface area contributed by atoms with Gasteiger partial charge in [0, 0.05) is 37.3 Å². The van der Waals surface area contributed by atoms with Crippen LogP contribution in [0, 0.1) is 5.92 Å². The summed E-state index contributed by atoms with van der Waals surface area (Å²) in [5, 5.41) is 6.59. The van der Waals surface area contributed by atoms with Gasteiger partial charge in [-0.25, -0.2) is 4.98 Å². The van der Waals surface area contributed by atoms with Gasteiger partial charge in [0.05, 0.1) is 0 Å². The summed E-state index contributed by atoms with van der Waals surface area (Å²) in [5.74, 6) is 1.03. The second kappa shape index (κ2) is 9.54. The lowest BCUT2D eigenvalue weighted by Crippen LogP contribution is -2.52. The summed E-state index contributed by atoms with van der Waals surface area (Å²) in [6.07, 6.45) is 7.08. The van der Waals surface area contributed by atoms with Gasteiger partial charge >= 0.3 is 5.97 Å². The highest BCUT2D eigenvalue weighted by Gasteiger charge is 2.44. The molecule has 1 aliphatic heterocycles. The lowest BCUT2D eigenvalue weighted by Gasteiger charge is -2.31. The Labute approximate surface area is 168 Å². The van der Waals surface area contributed by atoms with Crippen molar-refractivity contribution in [1.82, 2.24) is 20.6 Å². The van der Waals surface area contributed by atoms with Crippen LogP contribution in [0.2, 0.25) is 0 Å². The molecule has 0 unspecified atom stereocenters. The van der Waals surface area contributed by atoms with Crippen LogP contribution in [0.1, 0.15) is 79.0 Å². The summed E-state index contributed by atoms with van der Waals surface area (Å²) in [6, 6.07) is -0.588. The first-order valence-electron chi connectivity index (χ1n) is 10.4. The highest BCUT2D eigenvalue weighted by atomic mass is 16.6. The lowest BCUT2D eigenvalue weighted by atomic mass is 9.85. The Hall–Kier alpha value is -1.89. The van der Waals surface area contributed by atoms with Crippen LogP contribution in [0.15, 0.2) is 12.4 Å². The van der Waals surface area contributed by atoms with Gasteiger partial charge in [0.1, 0.15) is 17.5 Å². The van der Waals surface area contributed by atoms with Gasteiger partial charge in [-0.1, -0.05) is 26.7 Å². The number of aromatic nitrogens is 2. The Morgan fingerprint density at radius 2 is 2.00 bits per heavy atom. The number of hydrogen-bond acceptors (Lipinski definition) is 5. The Kier molecular flexibility index (Phi) is 7.63. The molecule has 2 rings (SSSR count). The van der Waals surface area contributed by atoms with Crippen molar-refractivity contribution in [2.75, 3.05) is 0 Å². The smallest absolute Gasteiger partial charge is 0.323 e. The molecule has 7 nitrogen and oxygen atoms in total. The molecule has 1 amide bonds. The summed E-state index contributed by atoms with van der Waals surface area (Å²) in [4.78, 5) is 32.2. The van der Waals surface area contributed by atoms with Crippen LogP contribution in [0.5, 0.6) is 0 Å². The quantitative estimate of drug-likeness (QED) is 0.591. The Balaban J connectivity index is 2.26. The standard InChI is InChI=1S/C21H36N4O3/c1-7-14(8-2)11-16(24-13(3)26)18-15(19-22-9-10-23-19)12-17(25-18)20(27)28-21(4,5)6/h9-10,14-18,25H,7-8,11-12H2,1-6H3,(H,22,23)(H,24,26)/t15-,16-,17+,18+/m0/s1. The van der Waals surface area contributed by atoms with E-state index < -0.39 is 11.6 Å². The molecule has 0 saturated carbocycles. The van der Waals surface area contributed by atoms with Gasteiger partial charge in [0.2, 0.25) is 5.91 Å². The number of carbonyl (C=O) groups excluding carboxylic acids is 2. The zero-order valence-corrected chi connectivity index (χ0v) is 18.0. The number of amides is 1. The normalized spacial score (nSPS) is 23.6. The largest absolute Gasteiger partial charge is 0.459 e. The van der Waals surface area contributed by atoms with E-state index in [1.54, 1.807) is 19.3 Å². The SMILES string of the molecule is CCC(CC)C[C@H](NC(C)=O)[C@@H]1N[C@@H](C(=O)OC(C)(C)C)C[C@@H]1c1ncc[nH]1. The van der Waals surface area contributed by atoms with Crippen molar-refractivity contribution in [2.24, 2.45) is 5.92 Å². The molecule has 1 aliphatic rings. The number of hydrogen-bond donors (Lipinski definition) is 3. The number of nitrogens with zero attached hydrogens (tertiary/aromatic N) is 1. The fourth-order valence-corrected chi connectivity index (χ4v) is 4.05. The van der Waals surface area contributed by atoms with Gasteiger partial charge in [0.25, 0.3) is 0 Å². The molecule has 1 aromatic rings. The Morgan fingerprint density at radius 1 is 1.32 bits per heavy atom. The van der Waals surface area contributed by atoms with Crippen LogP contribution >= 0.6 is 0 Å². The van der Waals surface area contributed by atoms with Crippen molar-refractivity contribution in [1.29, 1.82) is 0 Å². The molecule has 3 N–H and O–H groups in total. The molecule has 0 aromatic carbocycles. The maximum Gasteiger partial charge on any atom is 0.323 e. The molecule has 2 heterocycles. The molecule has 1 fully saturated rings. The van der Waals surface area contributed by atoms with Crippen LogP contribution in [0.4, 0.5) is 0 Å². The van der Waals surface area contributed by atoms with E-state index in [9.17, 15) is 9.59 Å². The van der Waals surface area contributed by atoms with E-state index in [1.807, 2.05) is 20.8 Å². The summed E-state index contributed by atoms with van der Waals surface area (Å²) in [5.41, 5.74) is -0.538. The van der Waals surface area contributed by atoms with Gasteiger partial charge in [-0.05, 0) is 39.5 Å². The number of carbonyl (C=O) groups is 2. The molecule has 0 bridgehead atoms. The number of nitrogens with one attached hydrogen (secondary N) is 3. The summed E-state index contributed by atoms with van der Waals surface area (Å²) in [7, 11) is 0. The predicted octanol–water partition coefficient (Wildman–Crippen LogP) is 2.90. The van der Waals surface area contributed by atoms with E-state index in [0.29, 0.717) is 12.3 Å². The van der Waals surface area contributed by atoms with E-state index in [-0.39, 0.29) is 29.9 Å². The van der Waals surface area contributed by atoms with Crippen molar-refractivity contribution in [3.8, 4) is 0 Å². The molecular weight excluding hydrogens is 356 g/mol. The van der Waals surface area contributed by atoms with Gasteiger partial charge < -0.3 is 15.0 Å². The average Bonchev–Trinajstić information content (AvgIpc) is 3.25. The summed E-state index contributed by atoms with van der Waals surface area (Å²) in [6.45, 7) is 11.5. The number of ether oxygens (including phenoxy) is 1. The van der Waals surface area contributed by atoms with E-state index in [2.05, 4.69) is 34.4 Å². The molecule has 158 valence electrons. The fourth-order valence-electron chi connectivity index (χ4n) is 4.05. The third kappa shape index (κ3) is 6.06. The maximum atomic E-state index is 12.7. The molecule has 0 aliphatic carbocycles. The summed E-state index contributed by atoms with van der Waals surface area (Å²) >= 11 is 0. The highest BCUT2D eigenvalue weighted by molar-refractivity contribution is 5.77. The second-order valence-corrected chi connectivity index (χ2v) is 8.82. The number of rotatable bonds is 8. The predicted molar refractivity (Wildman–Crippen MR) is 109 cm³/mol. The topological polar surface area (TPSA) is 96.1 Å². The molecule has 1 saturated heterocycles. The fraction of sp³-hybridized carbons (Fsp3) is 0.762. The first-order chi connectivity index (χ1) is 13.1. The van der Waals surface area contributed by atoms with E-state index in [0.717, 1.165) is 25.1 Å². The Morgan fingerprint density at radius 3 is 2.50 bits per heavy atom. The minimum atomic E-state index is -0.538. The molecular formula is C21H36N4O3.